The molecule has 0 atom stereocenters. The van der Waals surface area contributed by atoms with Gasteiger partial charge in [0.15, 0.2) is 0 Å². The van der Waals surface area contributed by atoms with Gasteiger partial charge in [-0.3, -0.25) is 4.99 Å². The maximum absolute atomic E-state index is 5.74. The van der Waals surface area contributed by atoms with Crippen LogP contribution in [0.15, 0.2) is 4.99 Å². The molecular formula is C9H16N2. The second kappa shape index (κ2) is 2.84. The van der Waals surface area contributed by atoms with Gasteiger partial charge in [-0.15, -0.1) is 0 Å². The van der Waals surface area contributed by atoms with Crippen molar-refractivity contribution in [1.82, 2.24) is 0 Å². The van der Waals surface area contributed by atoms with E-state index in [1.807, 2.05) is 0 Å². The molecule has 2 nitrogen and oxygen atoms in total. The highest BCUT2D eigenvalue weighted by atomic mass is 14.9. The van der Waals surface area contributed by atoms with Crippen LogP contribution in [0.3, 0.4) is 0 Å². The molecule has 11 heavy (non-hydrogen) atoms. The average molecular weight is 152 g/mol. The van der Waals surface area contributed by atoms with E-state index in [0.717, 1.165) is 18.3 Å². The summed E-state index contributed by atoms with van der Waals surface area (Å²) in [6.07, 6.45) is 6.68. The minimum atomic E-state index is 0.661. The van der Waals surface area contributed by atoms with Gasteiger partial charge >= 0.3 is 0 Å². The van der Waals surface area contributed by atoms with Crippen LogP contribution in [0.2, 0.25) is 0 Å². The lowest BCUT2D eigenvalue weighted by Crippen LogP contribution is -2.14. The third-order valence-electron chi connectivity index (χ3n) is 2.52. The number of hydrogen-bond donors (Lipinski definition) is 1. The monoisotopic (exact) mass is 152 g/mol. The van der Waals surface area contributed by atoms with Crippen LogP contribution in [0.1, 0.15) is 32.1 Å². The van der Waals surface area contributed by atoms with Gasteiger partial charge in [0.25, 0.3) is 0 Å². The van der Waals surface area contributed by atoms with Crippen molar-refractivity contribution < 1.29 is 0 Å². The zero-order valence-corrected chi connectivity index (χ0v) is 6.92. The van der Waals surface area contributed by atoms with Gasteiger partial charge in [0.1, 0.15) is 0 Å². The number of nitrogens with two attached hydrogens (primary N) is 1. The Morgan fingerprint density at radius 2 is 2.00 bits per heavy atom. The van der Waals surface area contributed by atoms with Gasteiger partial charge in [-0.2, -0.15) is 0 Å². The highest BCUT2D eigenvalue weighted by Gasteiger charge is 2.25. The normalized spacial score (nSPS) is 25.6. The molecule has 0 spiro atoms. The summed E-state index contributed by atoms with van der Waals surface area (Å²) in [4.78, 5) is 4.36. The molecular weight excluding hydrogens is 136 g/mol. The summed E-state index contributed by atoms with van der Waals surface area (Å²) < 4.78 is 0. The molecule has 2 rings (SSSR count). The summed E-state index contributed by atoms with van der Waals surface area (Å²) in [5.74, 6) is 2.57. The average Bonchev–Trinajstić information content (AvgIpc) is 2.85. The van der Waals surface area contributed by atoms with Crippen LogP contribution >= 0.6 is 0 Å². The van der Waals surface area contributed by atoms with Crippen LogP contribution in [-0.4, -0.2) is 12.4 Å². The quantitative estimate of drug-likeness (QED) is 0.482. The Balaban J connectivity index is 1.64. The lowest BCUT2D eigenvalue weighted by Gasteiger charge is -1.96. The molecule has 2 saturated carbocycles. The van der Waals surface area contributed by atoms with Crippen molar-refractivity contribution in [2.45, 2.75) is 32.1 Å². The highest BCUT2D eigenvalue weighted by molar-refractivity contribution is 5.84. The van der Waals surface area contributed by atoms with Crippen molar-refractivity contribution in [3.8, 4) is 0 Å². The molecule has 2 aliphatic rings. The van der Waals surface area contributed by atoms with E-state index >= 15 is 0 Å². The molecule has 0 unspecified atom stereocenters. The number of hydrogen-bond acceptors (Lipinski definition) is 1. The first-order chi connectivity index (χ1) is 5.36. The Morgan fingerprint density at radius 1 is 1.27 bits per heavy atom. The summed E-state index contributed by atoms with van der Waals surface area (Å²) in [6, 6.07) is 0. The summed E-state index contributed by atoms with van der Waals surface area (Å²) in [6.45, 7) is 0.979. The van der Waals surface area contributed by atoms with Gasteiger partial charge in [-0.05, 0) is 25.2 Å². The second-order valence-electron chi connectivity index (χ2n) is 3.81. The molecule has 0 aliphatic heterocycles. The highest BCUT2D eigenvalue weighted by Crippen LogP contribution is 2.32. The molecule has 62 valence electrons. The smallest absolute Gasteiger partial charge is 0.0968 e. The molecule has 0 heterocycles. The Kier molecular flexibility index (Phi) is 1.84. The largest absolute Gasteiger partial charge is 0.387 e. The molecule has 2 N–H and O–H groups in total. The maximum atomic E-state index is 5.74. The number of amidine groups is 1. The van der Waals surface area contributed by atoms with E-state index in [0.29, 0.717) is 5.92 Å². The predicted octanol–water partition coefficient (Wildman–Crippen LogP) is 1.55. The van der Waals surface area contributed by atoms with E-state index in [-0.39, 0.29) is 0 Å². The van der Waals surface area contributed by atoms with Crippen LogP contribution in [-0.2, 0) is 0 Å². The SMILES string of the molecule is NC(=NCCC1CC1)C1CC1. The molecule has 0 bridgehead atoms. The Morgan fingerprint density at radius 3 is 2.55 bits per heavy atom. The second-order valence-corrected chi connectivity index (χ2v) is 3.81. The van der Waals surface area contributed by atoms with Gasteiger partial charge in [0.05, 0.1) is 5.84 Å². The molecule has 0 aromatic heterocycles. The summed E-state index contributed by atoms with van der Waals surface area (Å²) in [5, 5.41) is 0. The molecule has 0 radical (unpaired) electrons. The molecule has 2 heteroatoms. The lowest BCUT2D eigenvalue weighted by atomic mass is 10.3. The van der Waals surface area contributed by atoms with Crippen LogP contribution < -0.4 is 5.73 Å². The zero-order valence-electron chi connectivity index (χ0n) is 6.92. The molecule has 0 aromatic rings. The van der Waals surface area contributed by atoms with Crippen molar-refractivity contribution in [3.05, 3.63) is 0 Å². The summed E-state index contributed by atoms with van der Waals surface area (Å²) in [7, 11) is 0. The van der Waals surface area contributed by atoms with Crippen molar-refractivity contribution in [1.29, 1.82) is 0 Å². The van der Waals surface area contributed by atoms with Crippen LogP contribution in [0.5, 0.6) is 0 Å². The third-order valence-corrected chi connectivity index (χ3v) is 2.52. The fourth-order valence-electron chi connectivity index (χ4n) is 1.29. The molecule has 0 aromatic carbocycles. The van der Waals surface area contributed by atoms with Gasteiger partial charge < -0.3 is 5.73 Å². The molecule has 0 amide bonds. The Bertz CT molecular complexity index is 166. The fraction of sp³-hybridized carbons (Fsp3) is 0.889. The van der Waals surface area contributed by atoms with Crippen LogP contribution in [0.4, 0.5) is 0 Å². The maximum Gasteiger partial charge on any atom is 0.0968 e. The van der Waals surface area contributed by atoms with E-state index in [1.54, 1.807) is 0 Å². The minimum Gasteiger partial charge on any atom is -0.387 e. The van der Waals surface area contributed by atoms with Crippen molar-refractivity contribution in [2.24, 2.45) is 22.6 Å². The van der Waals surface area contributed by atoms with Crippen LogP contribution in [0, 0.1) is 11.8 Å². The van der Waals surface area contributed by atoms with E-state index in [2.05, 4.69) is 4.99 Å². The summed E-state index contributed by atoms with van der Waals surface area (Å²) >= 11 is 0. The van der Waals surface area contributed by atoms with E-state index in [9.17, 15) is 0 Å². The van der Waals surface area contributed by atoms with Gasteiger partial charge in [0, 0.05) is 12.5 Å². The third kappa shape index (κ3) is 2.21. The summed E-state index contributed by atoms with van der Waals surface area (Å²) in [5.41, 5.74) is 5.74. The van der Waals surface area contributed by atoms with E-state index in [1.165, 1.54) is 32.1 Å². The minimum absolute atomic E-state index is 0.661. The Hall–Kier alpha value is -0.530. The predicted molar refractivity (Wildman–Crippen MR) is 46.6 cm³/mol. The lowest BCUT2D eigenvalue weighted by molar-refractivity contribution is 0.737. The van der Waals surface area contributed by atoms with Crippen molar-refractivity contribution in [2.75, 3.05) is 6.54 Å². The van der Waals surface area contributed by atoms with Gasteiger partial charge in [0.2, 0.25) is 0 Å². The van der Waals surface area contributed by atoms with Gasteiger partial charge in [-0.25, -0.2) is 0 Å². The van der Waals surface area contributed by atoms with Crippen LogP contribution in [0.25, 0.3) is 0 Å². The first kappa shape index (κ1) is 7.14. The molecule has 0 saturated heterocycles. The Labute approximate surface area is 67.9 Å². The topological polar surface area (TPSA) is 38.4 Å². The number of rotatable bonds is 4. The molecule has 2 fully saturated rings. The first-order valence-electron chi connectivity index (χ1n) is 4.66. The van der Waals surface area contributed by atoms with E-state index in [4.69, 9.17) is 5.73 Å². The standard InChI is InChI=1S/C9H16N2/c10-9(8-3-4-8)11-6-5-7-1-2-7/h7-8H,1-6H2,(H2,10,11). The van der Waals surface area contributed by atoms with Crippen molar-refractivity contribution in [3.63, 3.8) is 0 Å². The first-order valence-corrected chi connectivity index (χ1v) is 4.66. The zero-order chi connectivity index (χ0) is 7.68. The van der Waals surface area contributed by atoms with E-state index < -0.39 is 0 Å². The van der Waals surface area contributed by atoms with Crippen molar-refractivity contribution >= 4 is 5.84 Å². The van der Waals surface area contributed by atoms with Gasteiger partial charge in [-0.1, -0.05) is 12.8 Å². The number of aliphatic imine (C=N–C) groups is 1. The number of nitrogens with zero attached hydrogens (tertiary/aromatic N) is 1. The molecule has 2 aliphatic carbocycles. The fourth-order valence-corrected chi connectivity index (χ4v) is 1.29.